The number of benzene rings is 2. The van der Waals surface area contributed by atoms with Crippen LogP contribution in [-0.4, -0.2) is 23.5 Å². The van der Waals surface area contributed by atoms with Gasteiger partial charge in [0.15, 0.2) is 0 Å². The highest BCUT2D eigenvalue weighted by Crippen LogP contribution is 2.36. The molecule has 0 atom stereocenters. The van der Waals surface area contributed by atoms with Crippen LogP contribution in [0.5, 0.6) is 0 Å². The Morgan fingerprint density at radius 2 is 1.73 bits per heavy atom. The Bertz CT molecular complexity index is 912. The molecule has 134 valence electrons. The van der Waals surface area contributed by atoms with Crippen molar-refractivity contribution in [1.29, 1.82) is 0 Å². The van der Waals surface area contributed by atoms with Crippen LogP contribution in [-0.2, 0) is 11.0 Å². The smallest absolute Gasteiger partial charge is 0.325 e. The van der Waals surface area contributed by atoms with Crippen LogP contribution in [0, 0.1) is 0 Å². The van der Waals surface area contributed by atoms with Gasteiger partial charge >= 0.3 is 6.18 Å². The summed E-state index contributed by atoms with van der Waals surface area (Å²) in [5.74, 6) is -1.84. The molecule has 5 nitrogen and oxygen atoms in total. The van der Waals surface area contributed by atoms with Gasteiger partial charge in [-0.05, 0) is 30.3 Å². The van der Waals surface area contributed by atoms with Crippen molar-refractivity contribution in [3.63, 3.8) is 0 Å². The zero-order chi connectivity index (χ0) is 18.9. The van der Waals surface area contributed by atoms with E-state index in [2.05, 4.69) is 10.6 Å². The summed E-state index contributed by atoms with van der Waals surface area (Å²) in [7, 11) is 0. The van der Waals surface area contributed by atoms with Gasteiger partial charge in [-0.15, -0.1) is 11.8 Å². The fourth-order valence-corrected chi connectivity index (χ4v) is 3.29. The van der Waals surface area contributed by atoms with E-state index in [1.165, 1.54) is 36.4 Å². The third-order valence-electron chi connectivity index (χ3n) is 3.57. The lowest BCUT2D eigenvalue weighted by Crippen LogP contribution is -2.19. The molecule has 26 heavy (non-hydrogen) atoms. The third-order valence-corrected chi connectivity index (χ3v) is 4.64. The Morgan fingerprint density at radius 1 is 1.04 bits per heavy atom. The van der Waals surface area contributed by atoms with E-state index in [4.69, 9.17) is 0 Å². The molecule has 3 amide bonds. The van der Waals surface area contributed by atoms with Crippen molar-refractivity contribution in [3.05, 3.63) is 59.2 Å². The minimum absolute atomic E-state index is 0.0472. The summed E-state index contributed by atoms with van der Waals surface area (Å²) in [6.07, 6.45) is -4.50. The average molecular weight is 380 g/mol. The van der Waals surface area contributed by atoms with E-state index in [0.29, 0.717) is 0 Å². The number of alkyl halides is 3. The fourth-order valence-electron chi connectivity index (χ4n) is 2.41. The van der Waals surface area contributed by atoms with Crippen molar-refractivity contribution in [2.45, 2.75) is 11.1 Å². The van der Waals surface area contributed by atoms with E-state index in [1.54, 1.807) is 0 Å². The molecule has 0 unspecified atom stereocenters. The molecule has 0 aromatic heterocycles. The number of hydrogen-bond donors (Lipinski definition) is 2. The van der Waals surface area contributed by atoms with E-state index in [9.17, 15) is 27.6 Å². The maximum Gasteiger partial charge on any atom is 0.417 e. The number of anilines is 1. The van der Waals surface area contributed by atoms with Crippen LogP contribution in [0.15, 0.2) is 47.4 Å². The van der Waals surface area contributed by atoms with Crippen LogP contribution in [0.4, 0.5) is 18.9 Å². The van der Waals surface area contributed by atoms with E-state index in [-0.39, 0.29) is 27.5 Å². The molecule has 9 heteroatoms. The zero-order valence-electron chi connectivity index (χ0n) is 13.0. The second kappa shape index (κ2) is 6.83. The van der Waals surface area contributed by atoms with E-state index in [0.717, 1.165) is 17.8 Å². The van der Waals surface area contributed by atoms with Crippen LogP contribution in [0.25, 0.3) is 0 Å². The lowest BCUT2D eigenvalue weighted by Gasteiger charge is -2.12. The molecule has 1 aliphatic rings. The average Bonchev–Trinajstić information content (AvgIpc) is 2.86. The largest absolute Gasteiger partial charge is 0.417 e. The lowest BCUT2D eigenvalue weighted by molar-refractivity contribution is -0.139. The van der Waals surface area contributed by atoms with E-state index < -0.39 is 29.5 Å². The molecule has 0 saturated carbocycles. The highest BCUT2D eigenvalue weighted by Gasteiger charge is 2.33. The summed E-state index contributed by atoms with van der Waals surface area (Å²) in [4.78, 5) is 35.0. The van der Waals surface area contributed by atoms with Gasteiger partial charge in [0, 0.05) is 10.6 Å². The van der Waals surface area contributed by atoms with Gasteiger partial charge in [-0.1, -0.05) is 12.1 Å². The second-order valence-corrected chi connectivity index (χ2v) is 6.39. The number of fused-ring (bicyclic) bond motifs is 1. The molecule has 0 saturated heterocycles. The number of carbonyl (C=O) groups excluding carboxylic acids is 3. The van der Waals surface area contributed by atoms with Gasteiger partial charge in [0.2, 0.25) is 5.91 Å². The van der Waals surface area contributed by atoms with Gasteiger partial charge in [0.05, 0.1) is 22.4 Å². The Labute approximate surface area is 150 Å². The van der Waals surface area contributed by atoms with E-state index in [1.807, 2.05) is 0 Å². The van der Waals surface area contributed by atoms with Crippen molar-refractivity contribution in [3.8, 4) is 0 Å². The summed E-state index contributed by atoms with van der Waals surface area (Å²) in [5.41, 5.74) is -0.168. The minimum atomic E-state index is -4.50. The molecule has 3 rings (SSSR count). The van der Waals surface area contributed by atoms with Crippen LogP contribution < -0.4 is 10.6 Å². The molecule has 2 aromatic carbocycles. The highest BCUT2D eigenvalue weighted by molar-refractivity contribution is 8.00. The van der Waals surface area contributed by atoms with Gasteiger partial charge in [0.1, 0.15) is 0 Å². The number of thioether (sulfide) groups is 1. The summed E-state index contributed by atoms with van der Waals surface area (Å²) < 4.78 is 38.8. The Balaban J connectivity index is 1.67. The zero-order valence-corrected chi connectivity index (χ0v) is 13.8. The van der Waals surface area contributed by atoms with Crippen molar-refractivity contribution in [1.82, 2.24) is 5.32 Å². The number of amides is 3. The molecule has 0 radical (unpaired) electrons. The number of nitrogens with one attached hydrogen (secondary N) is 2. The van der Waals surface area contributed by atoms with Gasteiger partial charge < -0.3 is 5.32 Å². The Morgan fingerprint density at radius 3 is 2.46 bits per heavy atom. The van der Waals surface area contributed by atoms with Crippen molar-refractivity contribution in [2.75, 3.05) is 11.1 Å². The number of hydrogen-bond acceptors (Lipinski definition) is 4. The Kier molecular flexibility index (Phi) is 4.73. The summed E-state index contributed by atoms with van der Waals surface area (Å²) >= 11 is 0.762. The standard InChI is InChI=1S/C17H11F3N2O3S/c18-17(19,20)12-3-1-2-4-13(12)26-8-14(23)21-9-5-6-10-11(7-9)16(25)22-15(10)24/h1-7H,8H2,(H,21,23)(H,22,24,25). The maximum atomic E-state index is 12.9. The first kappa shape index (κ1) is 18.0. The monoisotopic (exact) mass is 380 g/mol. The van der Waals surface area contributed by atoms with Crippen LogP contribution in [0.3, 0.4) is 0 Å². The third kappa shape index (κ3) is 3.72. The molecule has 0 aliphatic carbocycles. The highest BCUT2D eigenvalue weighted by atomic mass is 32.2. The van der Waals surface area contributed by atoms with Crippen LogP contribution in [0.2, 0.25) is 0 Å². The number of halogens is 3. The molecule has 0 spiro atoms. The van der Waals surface area contributed by atoms with Gasteiger partial charge in [-0.25, -0.2) is 0 Å². The molecule has 0 fully saturated rings. The maximum absolute atomic E-state index is 12.9. The predicted octanol–water partition coefficient (Wildman–Crippen LogP) is 3.32. The summed E-state index contributed by atoms with van der Waals surface area (Å²) in [6, 6.07) is 9.19. The first-order chi connectivity index (χ1) is 12.3. The van der Waals surface area contributed by atoms with Crippen molar-refractivity contribution in [2.24, 2.45) is 0 Å². The van der Waals surface area contributed by atoms with Gasteiger partial charge in [0.25, 0.3) is 11.8 Å². The molecular formula is C17H11F3N2O3S. The molecular weight excluding hydrogens is 369 g/mol. The summed E-state index contributed by atoms with van der Waals surface area (Å²) in [6.45, 7) is 0. The van der Waals surface area contributed by atoms with Crippen molar-refractivity contribution < 1.29 is 27.6 Å². The predicted molar refractivity (Wildman–Crippen MR) is 89.0 cm³/mol. The van der Waals surface area contributed by atoms with Crippen molar-refractivity contribution >= 4 is 35.2 Å². The topological polar surface area (TPSA) is 75.3 Å². The number of rotatable bonds is 4. The number of carbonyl (C=O) groups is 3. The first-order valence-electron chi connectivity index (χ1n) is 7.34. The molecule has 0 bridgehead atoms. The SMILES string of the molecule is O=C(CSc1ccccc1C(F)(F)F)Nc1ccc2c(c1)C(=O)NC2=O. The fraction of sp³-hybridized carbons (Fsp3) is 0.118. The number of imide groups is 1. The molecule has 2 aromatic rings. The first-order valence-corrected chi connectivity index (χ1v) is 8.33. The van der Waals surface area contributed by atoms with Gasteiger partial charge in [-0.2, -0.15) is 13.2 Å². The normalized spacial score (nSPS) is 13.3. The minimum Gasteiger partial charge on any atom is -0.325 e. The lowest BCUT2D eigenvalue weighted by atomic mass is 10.1. The Hall–Kier alpha value is -2.81. The van der Waals surface area contributed by atoms with Gasteiger partial charge in [-0.3, -0.25) is 19.7 Å². The molecule has 1 aliphatic heterocycles. The van der Waals surface area contributed by atoms with E-state index >= 15 is 0 Å². The molecule has 2 N–H and O–H groups in total. The second-order valence-electron chi connectivity index (χ2n) is 5.37. The van der Waals surface area contributed by atoms with Crippen LogP contribution in [0.1, 0.15) is 26.3 Å². The quantitative estimate of drug-likeness (QED) is 0.630. The summed E-state index contributed by atoms with van der Waals surface area (Å²) in [5, 5.41) is 4.63. The van der Waals surface area contributed by atoms with Crippen LogP contribution >= 0.6 is 11.8 Å². The molecule has 1 heterocycles.